The van der Waals surface area contributed by atoms with Gasteiger partial charge in [0, 0.05) is 13.0 Å². The zero-order chi connectivity index (χ0) is 6.85. The van der Waals surface area contributed by atoms with Crippen LogP contribution in [0, 0.1) is 0 Å². The minimum Gasteiger partial charge on any atom is -1.00 e. The van der Waals surface area contributed by atoms with Gasteiger partial charge in [-0.2, -0.15) is 0 Å². The summed E-state index contributed by atoms with van der Waals surface area (Å²) in [6, 6.07) is 0. The Kier molecular flexibility index (Phi) is 4.51. The van der Waals surface area contributed by atoms with E-state index in [-0.39, 0.29) is 54.2 Å². The predicted octanol–water partition coefficient (Wildman–Crippen LogP) is 0.131. The first-order chi connectivity index (χ1) is 4.22. The van der Waals surface area contributed by atoms with Gasteiger partial charge in [-0.05, 0) is 6.42 Å². The monoisotopic (exact) mass is 219 g/mol. The molecule has 54 valence electrons. The van der Waals surface area contributed by atoms with Crippen LogP contribution in [0.1, 0.15) is 15.7 Å². The molecule has 1 heterocycles. The van der Waals surface area contributed by atoms with Gasteiger partial charge in [-0.15, -0.1) is 0 Å². The topological polar surface area (TPSA) is 57.6 Å². The van der Waals surface area contributed by atoms with Crippen LogP contribution in [0.4, 0.5) is 4.79 Å². The molecule has 0 radical (unpaired) electrons. The molecule has 10 heavy (non-hydrogen) atoms. The van der Waals surface area contributed by atoms with Crippen molar-refractivity contribution >= 4 is 57.5 Å². The molecule has 0 bridgehead atoms. The van der Waals surface area contributed by atoms with E-state index in [4.69, 9.17) is 5.11 Å². The number of hydrogen-bond donors (Lipinski definition) is 1. The summed E-state index contributed by atoms with van der Waals surface area (Å²) < 4.78 is 0. The normalized spacial score (nSPS) is 16.8. The van der Waals surface area contributed by atoms with Crippen LogP contribution in [0.15, 0.2) is 0 Å². The van der Waals surface area contributed by atoms with Gasteiger partial charge in [0.25, 0.3) is 0 Å². The summed E-state index contributed by atoms with van der Waals surface area (Å²) in [7, 11) is 0. The molecule has 0 spiro atoms. The maximum Gasteiger partial charge on any atom is 2.00 e. The minimum absolute atomic E-state index is 0. The summed E-state index contributed by atoms with van der Waals surface area (Å²) in [6.45, 7) is 0.369. The maximum atomic E-state index is 10.6. The van der Waals surface area contributed by atoms with E-state index in [1.165, 1.54) is 0 Å². The Morgan fingerprint density at radius 3 is 2.50 bits per heavy atom. The van der Waals surface area contributed by atoms with Crippen LogP contribution in [0.2, 0.25) is 0 Å². The van der Waals surface area contributed by atoms with Gasteiger partial charge in [0.2, 0.25) is 5.91 Å². The molecule has 5 heteroatoms. The first kappa shape index (κ1) is 10.4. The van der Waals surface area contributed by atoms with Gasteiger partial charge >= 0.3 is 51.6 Å². The van der Waals surface area contributed by atoms with Crippen LogP contribution in [-0.4, -0.2) is 74.0 Å². The first-order valence-corrected chi connectivity index (χ1v) is 2.75. The van der Waals surface area contributed by atoms with Gasteiger partial charge in [-0.1, -0.05) is 0 Å². The van der Waals surface area contributed by atoms with Crippen molar-refractivity contribution in [3.63, 3.8) is 0 Å². The minimum atomic E-state index is -1.13. The molecule has 0 aromatic heterocycles. The van der Waals surface area contributed by atoms with Crippen LogP contribution in [0.5, 0.6) is 0 Å². The van der Waals surface area contributed by atoms with E-state index in [9.17, 15) is 9.59 Å². The fraction of sp³-hybridized carbons (Fsp3) is 0.600. The van der Waals surface area contributed by atoms with Crippen molar-refractivity contribution in [2.45, 2.75) is 12.8 Å². The van der Waals surface area contributed by atoms with E-state index in [0.717, 1.165) is 4.90 Å². The summed E-state index contributed by atoms with van der Waals surface area (Å²) in [5.41, 5.74) is 0. The van der Waals surface area contributed by atoms with E-state index in [0.29, 0.717) is 19.4 Å². The van der Waals surface area contributed by atoms with Crippen LogP contribution in [-0.2, 0) is 4.79 Å². The second kappa shape index (κ2) is 4.33. The molecule has 1 fully saturated rings. The Morgan fingerprint density at radius 2 is 2.30 bits per heavy atom. The summed E-state index contributed by atoms with van der Waals surface area (Å²) >= 11 is 0. The molecule has 1 N–H and O–H groups in total. The second-order valence-corrected chi connectivity index (χ2v) is 1.93. The predicted molar refractivity (Wildman–Crippen MR) is 36.9 cm³/mol. The third kappa shape index (κ3) is 2.23. The fourth-order valence-electron chi connectivity index (χ4n) is 0.850. The number of imide groups is 1. The third-order valence-corrected chi connectivity index (χ3v) is 1.30. The van der Waals surface area contributed by atoms with E-state index in [2.05, 4.69) is 0 Å². The number of amides is 2. The summed E-state index contributed by atoms with van der Waals surface area (Å²) in [4.78, 5) is 21.5. The number of carboxylic acid groups (broad SMARTS) is 1. The van der Waals surface area contributed by atoms with Crippen molar-refractivity contribution in [1.82, 2.24) is 4.90 Å². The maximum absolute atomic E-state index is 10.6. The molecular weight excluding hydrogens is 210 g/mol. The molecule has 4 nitrogen and oxygen atoms in total. The molecule has 1 aliphatic rings. The average Bonchev–Trinajstić information content (AvgIpc) is 2.13. The summed E-state index contributed by atoms with van der Waals surface area (Å²) in [5, 5.41) is 8.29. The van der Waals surface area contributed by atoms with Crippen molar-refractivity contribution in [3.05, 3.63) is 0 Å². The van der Waals surface area contributed by atoms with Crippen molar-refractivity contribution in [3.8, 4) is 0 Å². The molecule has 0 unspecified atom stereocenters. The van der Waals surface area contributed by atoms with Crippen LogP contribution in [0.3, 0.4) is 0 Å². The zero-order valence-electron chi connectivity index (χ0n) is 7.54. The molecule has 0 aromatic rings. The van der Waals surface area contributed by atoms with Crippen LogP contribution >= 0.6 is 0 Å². The van der Waals surface area contributed by atoms with Gasteiger partial charge in [0.15, 0.2) is 0 Å². The van der Waals surface area contributed by atoms with Gasteiger partial charge < -0.3 is 7.96 Å². The number of rotatable bonds is 0. The van der Waals surface area contributed by atoms with E-state index in [1.54, 1.807) is 0 Å². The van der Waals surface area contributed by atoms with Crippen molar-refractivity contribution < 1.29 is 17.5 Å². The third-order valence-electron chi connectivity index (χ3n) is 1.30. The Hall–Kier alpha value is 0.421. The van der Waals surface area contributed by atoms with E-state index < -0.39 is 6.09 Å². The number of nitrogens with zero attached hydrogens (tertiary/aromatic N) is 1. The average molecular weight is 219 g/mol. The number of likely N-dealkylation sites (tertiary alicyclic amines) is 1. The number of carbonyl (C=O) groups is 2. The number of hydrogen-bond acceptors (Lipinski definition) is 2. The Morgan fingerprint density at radius 1 is 1.70 bits per heavy atom. The molecule has 0 aromatic carbocycles. The van der Waals surface area contributed by atoms with Crippen LogP contribution in [0.25, 0.3) is 0 Å². The molecule has 0 aliphatic carbocycles. The molecule has 2 amide bonds. The van der Waals surface area contributed by atoms with Gasteiger partial charge in [0.05, 0.1) is 0 Å². The van der Waals surface area contributed by atoms with Gasteiger partial charge in [-0.3, -0.25) is 4.79 Å². The summed E-state index contributed by atoms with van der Waals surface area (Å²) in [6.07, 6.45) is -0.0743. The fourth-order valence-corrected chi connectivity index (χ4v) is 0.850. The quantitative estimate of drug-likeness (QED) is 0.589. The first-order valence-electron chi connectivity index (χ1n) is 2.75. The Balaban J connectivity index is -0.000000270. The van der Waals surface area contributed by atoms with Gasteiger partial charge in [0.1, 0.15) is 0 Å². The smallest absolute Gasteiger partial charge is 1.00 e. The van der Waals surface area contributed by atoms with E-state index >= 15 is 0 Å². The number of carbonyl (C=O) groups excluding carboxylic acids is 1. The molecular formula is C5H9NO3Sr. The molecule has 1 rings (SSSR count). The van der Waals surface area contributed by atoms with Crippen molar-refractivity contribution in [2.24, 2.45) is 0 Å². The zero-order valence-corrected chi connectivity index (χ0v) is 9.02. The standard InChI is InChI=1S/C5H7NO3.Sr.2H/c7-4-2-1-3-6(4)5(8)9;;;/h1-3H2,(H,8,9);;;/q;+2;2*-1. The summed E-state index contributed by atoms with van der Waals surface area (Å²) in [5.74, 6) is -0.275. The van der Waals surface area contributed by atoms with Crippen molar-refractivity contribution in [2.75, 3.05) is 6.54 Å². The molecule has 1 saturated heterocycles. The molecule has 0 atom stereocenters. The largest absolute Gasteiger partial charge is 2.00 e. The Labute approximate surface area is 98.4 Å². The van der Waals surface area contributed by atoms with E-state index in [1.807, 2.05) is 0 Å². The van der Waals surface area contributed by atoms with Crippen molar-refractivity contribution in [1.29, 1.82) is 0 Å². The van der Waals surface area contributed by atoms with Gasteiger partial charge in [-0.25, -0.2) is 9.69 Å². The molecule has 0 saturated carbocycles. The Bertz CT molecular complexity index is 167. The molecule has 1 aliphatic heterocycles. The SMILES string of the molecule is O=C(O)N1CCCC1=O.[H-].[H-].[Sr+2]. The second-order valence-electron chi connectivity index (χ2n) is 1.93. The van der Waals surface area contributed by atoms with Crippen LogP contribution < -0.4 is 0 Å².